The molecule has 0 aliphatic carbocycles. The van der Waals surface area contributed by atoms with E-state index >= 15 is 0 Å². The van der Waals surface area contributed by atoms with E-state index in [1.54, 1.807) is 0 Å². The Kier molecular flexibility index (Phi) is 5.89. The minimum atomic E-state index is 0.323. The van der Waals surface area contributed by atoms with Gasteiger partial charge in [0.25, 0.3) is 0 Å². The Hall–Kier alpha value is -0.160. The van der Waals surface area contributed by atoms with Crippen LogP contribution < -0.4 is 0 Å². The Morgan fingerprint density at radius 1 is 1.00 bits per heavy atom. The summed E-state index contributed by atoms with van der Waals surface area (Å²) in [6.45, 7) is 11.0. The lowest BCUT2D eigenvalue weighted by molar-refractivity contribution is 0.203. The van der Waals surface area contributed by atoms with Crippen LogP contribution in [0.1, 0.15) is 32.6 Å². The van der Waals surface area contributed by atoms with E-state index in [2.05, 4.69) is 21.6 Å². The van der Waals surface area contributed by atoms with Crippen molar-refractivity contribution in [3.63, 3.8) is 0 Å². The zero-order valence-electron chi connectivity index (χ0n) is 11.9. The predicted octanol–water partition coefficient (Wildman–Crippen LogP) is 0.818. The fourth-order valence-corrected chi connectivity index (χ4v) is 3.19. The molecule has 1 N–H and O–H groups in total. The molecule has 0 amide bonds. The summed E-state index contributed by atoms with van der Waals surface area (Å²) in [6, 6.07) is 0.810. The smallest absolute Gasteiger partial charge is 0.0507 e. The average Bonchev–Trinajstić information content (AvgIpc) is 2.97. The van der Waals surface area contributed by atoms with Crippen LogP contribution in [0.25, 0.3) is 0 Å². The van der Waals surface area contributed by atoms with E-state index in [0.717, 1.165) is 25.7 Å². The highest BCUT2D eigenvalue weighted by Crippen LogP contribution is 2.16. The summed E-state index contributed by atoms with van der Waals surface area (Å²) in [7, 11) is 0. The first-order chi connectivity index (χ1) is 8.79. The maximum Gasteiger partial charge on any atom is 0.0507 e. The number of hydrogen-bond acceptors (Lipinski definition) is 4. The van der Waals surface area contributed by atoms with Gasteiger partial charge in [0, 0.05) is 38.8 Å². The molecule has 0 aromatic rings. The van der Waals surface area contributed by atoms with Crippen molar-refractivity contribution in [3.05, 3.63) is 0 Å². The minimum absolute atomic E-state index is 0.323. The van der Waals surface area contributed by atoms with Crippen molar-refractivity contribution in [2.24, 2.45) is 0 Å². The standard InChI is InChI=1S/C14H29N3O/c1-14-5-2-8-17(14)9-3-6-15-10-11-16(13-15)7-4-12-18/h14,18H,2-13H2,1H3/t14-/m1/s1. The Morgan fingerprint density at radius 3 is 2.33 bits per heavy atom. The Labute approximate surface area is 112 Å². The van der Waals surface area contributed by atoms with Gasteiger partial charge in [0.2, 0.25) is 0 Å². The number of nitrogens with zero attached hydrogens (tertiary/aromatic N) is 3. The van der Waals surface area contributed by atoms with Crippen LogP contribution in [0.5, 0.6) is 0 Å². The summed E-state index contributed by atoms with van der Waals surface area (Å²) in [4.78, 5) is 7.65. The van der Waals surface area contributed by atoms with Gasteiger partial charge in [-0.25, -0.2) is 0 Å². The SMILES string of the molecule is C[C@@H]1CCCN1CCCN1CCN(CCCO)C1. The second kappa shape index (κ2) is 7.43. The van der Waals surface area contributed by atoms with Gasteiger partial charge in [-0.1, -0.05) is 0 Å². The normalized spacial score (nSPS) is 27.3. The minimum Gasteiger partial charge on any atom is -0.396 e. The van der Waals surface area contributed by atoms with Gasteiger partial charge in [-0.3, -0.25) is 9.80 Å². The van der Waals surface area contributed by atoms with Crippen LogP contribution in [0.2, 0.25) is 0 Å². The zero-order chi connectivity index (χ0) is 12.8. The fourth-order valence-electron chi connectivity index (χ4n) is 3.19. The maximum absolute atomic E-state index is 8.83. The molecule has 2 rings (SSSR count). The van der Waals surface area contributed by atoms with Crippen LogP contribution in [-0.4, -0.2) is 78.4 Å². The molecule has 0 aromatic heterocycles. The van der Waals surface area contributed by atoms with Gasteiger partial charge >= 0.3 is 0 Å². The van der Waals surface area contributed by atoms with E-state index in [4.69, 9.17) is 5.11 Å². The van der Waals surface area contributed by atoms with Gasteiger partial charge in [0.05, 0.1) is 6.67 Å². The first-order valence-corrected chi connectivity index (χ1v) is 7.59. The third-order valence-electron chi connectivity index (χ3n) is 4.38. The Balaban J connectivity index is 1.55. The monoisotopic (exact) mass is 255 g/mol. The van der Waals surface area contributed by atoms with Crippen molar-refractivity contribution in [1.29, 1.82) is 0 Å². The lowest BCUT2D eigenvalue weighted by Crippen LogP contribution is -2.32. The van der Waals surface area contributed by atoms with Crippen molar-refractivity contribution >= 4 is 0 Å². The maximum atomic E-state index is 8.83. The molecule has 2 aliphatic rings. The highest BCUT2D eigenvalue weighted by Gasteiger charge is 2.21. The molecule has 2 aliphatic heterocycles. The van der Waals surface area contributed by atoms with Crippen molar-refractivity contribution < 1.29 is 5.11 Å². The molecule has 106 valence electrons. The van der Waals surface area contributed by atoms with E-state index < -0.39 is 0 Å². The van der Waals surface area contributed by atoms with Crippen LogP contribution in [0.3, 0.4) is 0 Å². The van der Waals surface area contributed by atoms with Crippen molar-refractivity contribution in [2.45, 2.75) is 38.6 Å². The molecule has 2 fully saturated rings. The number of aliphatic hydroxyl groups excluding tert-OH is 1. The number of aliphatic hydroxyl groups is 1. The third-order valence-corrected chi connectivity index (χ3v) is 4.38. The van der Waals surface area contributed by atoms with E-state index in [9.17, 15) is 0 Å². The lowest BCUT2D eigenvalue weighted by atomic mass is 10.2. The summed E-state index contributed by atoms with van der Waals surface area (Å²) < 4.78 is 0. The summed E-state index contributed by atoms with van der Waals surface area (Å²) in [5, 5.41) is 8.83. The second-order valence-electron chi connectivity index (χ2n) is 5.84. The quantitative estimate of drug-likeness (QED) is 0.729. The van der Waals surface area contributed by atoms with Crippen LogP contribution >= 0.6 is 0 Å². The number of rotatable bonds is 7. The molecule has 4 nitrogen and oxygen atoms in total. The first-order valence-electron chi connectivity index (χ1n) is 7.59. The molecule has 0 unspecified atom stereocenters. The lowest BCUT2D eigenvalue weighted by Gasteiger charge is -2.23. The zero-order valence-corrected chi connectivity index (χ0v) is 11.9. The highest BCUT2D eigenvalue weighted by atomic mass is 16.3. The second-order valence-corrected chi connectivity index (χ2v) is 5.84. The average molecular weight is 255 g/mol. The summed E-state index contributed by atoms with van der Waals surface area (Å²) in [6.07, 6.45) is 5.00. The van der Waals surface area contributed by atoms with Crippen LogP contribution in [0.4, 0.5) is 0 Å². The van der Waals surface area contributed by atoms with Crippen LogP contribution in [0.15, 0.2) is 0 Å². The van der Waals surface area contributed by atoms with Gasteiger partial charge in [-0.15, -0.1) is 0 Å². The molecule has 0 radical (unpaired) electrons. The van der Waals surface area contributed by atoms with E-state index in [0.29, 0.717) is 6.61 Å². The van der Waals surface area contributed by atoms with Gasteiger partial charge < -0.3 is 10.0 Å². The molecule has 1 atom stereocenters. The van der Waals surface area contributed by atoms with E-state index in [-0.39, 0.29) is 0 Å². The highest BCUT2D eigenvalue weighted by molar-refractivity contribution is 4.76. The van der Waals surface area contributed by atoms with E-state index in [1.165, 1.54) is 52.0 Å². The number of likely N-dealkylation sites (tertiary alicyclic amines) is 1. The molecule has 18 heavy (non-hydrogen) atoms. The number of hydrogen-bond donors (Lipinski definition) is 1. The van der Waals surface area contributed by atoms with Crippen molar-refractivity contribution in [2.75, 3.05) is 52.5 Å². The molecule has 0 aromatic carbocycles. The molecular formula is C14H29N3O. The summed E-state index contributed by atoms with van der Waals surface area (Å²) in [5.41, 5.74) is 0. The predicted molar refractivity (Wildman–Crippen MR) is 74.6 cm³/mol. The molecule has 2 heterocycles. The van der Waals surface area contributed by atoms with Gasteiger partial charge in [0.1, 0.15) is 0 Å². The topological polar surface area (TPSA) is 30.0 Å². The Morgan fingerprint density at radius 2 is 1.72 bits per heavy atom. The fraction of sp³-hybridized carbons (Fsp3) is 1.00. The molecule has 2 saturated heterocycles. The molecule has 0 spiro atoms. The van der Waals surface area contributed by atoms with Crippen molar-refractivity contribution in [1.82, 2.24) is 14.7 Å². The van der Waals surface area contributed by atoms with Crippen LogP contribution in [0, 0.1) is 0 Å². The molecular weight excluding hydrogens is 226 g/mol. The third kappa shape index (κ3) is 4.19. The van der Waals surface area contributed by atoms with E-state index in [1.807, 2.05) is 0 Å². The molecule has 4 heteroatoms. The van der Waals surface area contributed by atoms with Gasteiger partial charge in [0.15, 0.2) is 0 Å². The van der Waals surface area contributed by atoms with Gasteiger partial charge in [-0.05, 0) is 45.7 Å². The summed E-state index contributed by atoms with van der Waals surface area (Å²) >= 11 is 0. The first kappa shape index (κ1) is 14.3. The van der Waals surface area contributed by atoms with Crippen LogP contribution in [-0.2, 0) is 0 Å². The Bertz CT molecular complexity index is 237. The molecule has 0 bridgehead atoms. The van der Waals surface area contributed by atoms with Crippen molar-refractivity contribution in [3.8, 4) is 0 Å². The van der Waals surface area contributed by atoms with Gasteiger partial charge in [-0.2, -0.15) is 0 Å². The molecule has 0 saturated carbocycles. The largest absolute Gasteiger partial charge is 0.396 e. The summed E-state index contributed by atoms with van der Waals surface area (Å²) in [5.74, 6) is 0.